The third-order valence-corrected chi connectivity index (χ3v) is 6.42. The number of benzene rings is 1. The van der Waals surface area contributed by atoms with Crippen molar-refractivity contribution in [2.75, 3.05) is 18.2 Å². The summed E-state index contributed by atoms with van der Waals surface area (Å²) in [5, 5.41) is 8.19. The number of thioether (sulfide) groups is 1. The molecule has 170 valence electrons. The number of carbonyl (C=O) groups is 2. The van der Waals surface area contributed by atoms with Gasteiger partial charge >= 0.3 is 5.97 Å². The van der Waals surface area contributed by atoms with E-state index in [2.05, 4.69) is 25.4 Å². The fourth-order valence-corrected chi connectivity index (χ4v) is 4.59. The summed E-state index contributed by atoms with van der Waals surface area (Å²) in [6, 6.07) is 9.33. The topological polar surface area (TPSA) is 111 Å². The summed E-state index contributed by atoms with van der Waals surface area (Å²) in [6.07, 6.45) is 1.98. The lowest BCUT2D eigenvalue weighted by atomic mass is 10.1. The van der Waals surface area contributed by atoms with Crippen LogP contribution in [0.15, 0.2) is 35.5 Å². The highest BCUT2D eigenvalue weighted by Gasteiger charge is 2.22. The number of anilines is 1. The predicted octanol–water partition coefficient (Wildman–Crippen LogP) is 3.94. The summed E-state index contributed by atoms with van der Waals surface area (Å²) < 4.78 is 6.83. The van der Waals surface area contributed by atoms with Crippen LogP contribution in [0.2, 0.25) is 0 Å². The maximum absolute atomic E-state index is 12.9. The third-order valence-electron chi connectivity index (χ3n) is 4.93. The molecular weight excluding hydrogens is 460 g/mol. The van der Waals surface area contributed by atoms with Gasteiger partial charge in [0.05, 0.1) is 18.7 Å². The molecule has 4 rings (SSSR count). The number of carbonyl (C=O) groups excluding carboxylic acids is 2. The number of hydrogen-bond donors (Lipinski definition) is 1. The van der Waals surface area contributed by atoms with Gasteiger partial charge in [0.1, 0.15) is 4.88 Å². The van der Waals surface area contributed by atoms with E-state index in [1.807, 2.05) is 50.4 Å². The molecule has 1 amide bonds. The van der Waals surface area contributed by atoms with Gasteiger partial charge in [0.2, 0.25) is 11.1 Å². The van der Waals surface area contributed by atoms with E-state index in [0.29, 0.717) is 32.3 Å². The fourth-order valence-electron chi connectivity index (χ4n) is 3.36. The van der Waals surface area contributed by atoms with Crippen molar-refractivity contribution in [3.8, 4) is 11.3 Å². The number of aromatic nitrogens is 5. The average Bonchev–Trinajstić information content (AvgIpc) is 3.41. The van der Waals surface area contributed by atoms with E-state index in [4.69, 9.17) is 4.74 Å². The molecular formula is C22H22N6O3S2. The van der Waals surface area contributed by atoms with Crippen molar-refractivity contribution >= 4 is 45.9 Å². The minimum atomic E-state index is -0.466. The molecule has 1 aromatic carbocycles. The molecule has 0 spiro atoms. The lowest BCUT2D eigenvalue weighted by molar-refractivity contribution is -0.115. The highest BCUT2D eigenvalue weighted by atomic mass is 32.2. The van der Waals surface area contributed by atoms with Gasteiger partial charge in [-0.15, -0.1) is 5.10 Å². The van der Waals surface area contributed by atoms with Crippen molar-refractivity contribution in [3.63, 3.8) is 0 Å². The molecule has 0 bridgehead atoms. The molecule has 33 heavy (non-hydrogen) atoms. The van der Waals surface area contributed by atoms with Crippen LogP contribution in [0.1, 0.15) is 33.5 Å². The standard InChI is InChI=1S/C22H22N6O3S2/c1-5-31-19(30)18-17(14-9-7-6-8-10-14)25-21(33-18)24-16(29)11-15-12(2)23-20-26-22(32-4)27-28(20)13(15)3/h6-10H,5,11H2,1-4H3,(H,24,25,29). The number of fused-ring (bicyclic) bond motifs is 1. The van der Waals surface area contributed by atoms with Crippen molar-refractivity contribution in [2.24, 2.45) is 0 Å². The molecule has 0 radical (unpaired) electrons. The minimum absolute atomic E-state index is 0.0874. The monoisotopic (exact) mass is 482 g/mol. The summed E-state index contributed by atoms with van der Waals surface area (Å²) in [5.74, 6) is -0.229. The second-order valence-corrected chi connectivity index (χ2v) is 8.85. The first-order valence-electron chi connectivity index (χ1n) is 10.2. The van der Waals surface area contributed by atoms with Crippen LogP contribution in [-0.4, -0.2) is 49.3 Å². The summed E-state index contributed by atoms with van der Waals surface area (Å²) in [5.41, 5.74) is 3.54. The van der Waals surface area contributed by atoms with Gasteiger partial charge in [-0.1, -0.05) is 53.4 Å². The molecule has 0 atom stereocenters. The Morgan fingerprint density at radius 2 is 1.91 bits per heavy atom. The van der Waals surface area contributed by atoms with Crippen LogP contribution in [0.25, 0.3) is 17.0 Å². The second-order valence-electron chi connectivity index (χ2n) is 7.08. The number of thiazole rings is 1. The molecule has 0 unspecified atom stereocenters. The Kier molecular flexibility index (Phi) is 6.70. The molecule has 0 fully saturated rings. The normalized spacial score (nSPS) is 11.0. The Labute approximate surface area is 198 Å². The van der Waals surface area contributed by atoms with E-state index in [1.54, 1.807) is 11.4 Å². The molecule has 0 saturated carbocycles. The summed E-state index contributed by atoms with van der Waals surface area (Å²) >= 11 is 2.53. The van der Waals surface area contributed by atoms with Gasteiger partial charge in [-0.05, 0) is 27.0 Å². The molecule has 4 aromatic rings. The van der Waals surface area contributed by atoms with Crippen molar-refractivity contribution in [1.82, 2.24) is 24.6 Å². The molecule has 9 nitrogen and oxygen atoms in total. The molecule has 0 aliphatic heterocycles. The number of hydrogen-bond acceptors (Lipinski definition) is 9. The van der Waals surface area contributed by atoms with E-state index in [1.165, 1.54) is 11.8 Å². The molecule has 0 aliphatic carbocycles. The summed E-state index contributed by atoms with van der Waals surface area (Å²) in [4.78, 5) is 39.1. The van der Waals surface area contributed by atoms with Gasteiger partial charge in [-0.2, -0.15) is 4.98 Å². The van der Waals surface area contributed by atoms with Crippen LogP contribution >= 0.6 is 23.1 Å². The Hall–Kier alpha value is -3.31. The number of amides is 1. The quantitative estimate of drug-likeness (QED) is 0.311. The van der Waals surface area contributed by atoms with Crippen molar-refractivity contribution in [1.29, 1.82) is 0 Å². The fraction of sp³-hybridized carbons (Fsp3) is 0.273. The number of ether oxygens (including phenoxy) is 1. The number of esters is 1. The highest BCUT2D eigenvalue weighted by molar-refractivity contribution is 7.98. The largest absolute Gasteiger partial charge is 0.462 e. The van der Waals surface area contributed by atoms with Crippen LogP contribution in [-0.2, 0) is 16.0 Å². The second kappa shape index (κ2) is 9.67. The minimum Gasteiger partial charge on any atom is -0.462 e. The number of aryl methyl sites for hydroxylation is 2. The zero-order valence-corrected chi connectivity index (χ0v) is 20.2. The Morgan fingerprint density at radius 3 is 2.61 bits per heavy atom. The first kappa shape index (κ1) is 22.9. The molecule has 1 N–H and O–H groups in total. The van der Waals surface area contributed by atoms with E-state index < -0.39 is 5.97 Å². The molecule has 3 heterocycles. The average molecular weight is 483 g/mol. The van der Waals surface area contributed by atoms with Crippen LogP contribution in [0.3, 0.4) is 0 Å². The van der Waals surface area contributed by atoms with Crippen LogP contribution < -0.4 is 5.32 Å². The Morgan fingerprint density at radius 1 is 1.15 bits per heavy atom. The van der Waals surface area contributed by atoms with Crippen LogP contribution in [0, 0.1) is 13.8 Å². The first-order valence-corrected chi connectivity index (χ1v) is 12.3. The molecule has 11 heteroatoms. The van der Waals surface area contributed by atoms with Crippen molar-refractivity contribution in [3.05, 3.63) is 52.2 Å². The maximum atomic E-state index is 12.9. The van der Waals surface area contributed by atoms with E-state index in [9.17, 15) is 9.59 Å². The Balaban J connectivity index is 1.61. The van der Waals surface area contributed by atoms with Gasteiger partial charge in [-0.3, -0.25) is 4.79 Å². The summed E-state index contributed by atoms with van der Waals surface area (Å²) in [6.45, 7) is 5.73. The number of nitrogens with zero attached hydrogens (tertiary/aromatic N) is 5. The van der Waals surface area contributed by atoms with E-state index in [0.717, 1.165) is 28.2 Å². The Bertz CT molecular complexity index is 1330. The van der Waals surface area contributed by atoms with Gasteiger partial charge in [-0.25, -0.2) is 19.3 Å². The zero-order valence-electron chi connectivity index (χ0n) is 18.6. The van der Waals surface area contributed by atoms with Crippen molar-refractivity contribution in [2.45, 2.75) is 32.3 Å². The van der Waals surface area contributed by atoms with Gasteiger partial charge in [0.25, 0.3) is 5.78 Å². The first-order chi connectivity index (χ1) is 15.9. The zero-order chi connectivity index (χ0) is 23.5. The van der Waals surface area contributed by atoms with E-state index >= 15 is 0 Å². The van der Waals surface area contributed by atoms with Gasteiger partial charge in [0.15, 0.2) is 5.13 Å². The third kappa shape index (κ3) is 4.74. The number of nitrogens with one attached hydrogen (secondary N) is 1. The van der Waals surface area contributed by atoms with E-state index in [-0.39, 0.29) is 18.9 Å². The molecule has 3 aromatic heterocycles. The maximum Gasteiger partial charge on any atom is 0.350 e. The highest BCUT2D eigenvalue weighted by Crippen LogP contribution is 2.32. The summed E-state index contributed by atoms with van der Waals surface area (Å²) in [7, 11) is 0. The molecule has 0 saturated heterocycles. The smallest absolute Gasteiger partial charge is 0.350 e. The lowest BCUT2D eigenvalue weighted by Crippen LogP contribution is -2.17. The van der Waals surface area contributed by atoms with Gasteiger partial charge in [0, 0.05) is 22.5 Å². The predicted molar refractivity (Wildman–Crippen MR) is 128 cm³/mol. The van der Waals surface area contributed by atoms with Gasteiger partial charge < -0.3 is 10.1 Å². The number of rotatable bonds is 7. The van der Waals surface area contributed by atoms with Crippen LogP contribution in [0.4, 0.5) is 5.13 Å². The SMILES string of the molecule is CCOC(=O)c1sc(NC(=O)Cc2c(C)nc3nc(SC)nn3c2C)nc1-c1ccccc1. The molecule has 0 aliphatic rings. The van der Waals surface area contributed by atoms with Crippen LogP contribution in [0.5, 0.6) is 0 Å². The van der Waals surface area contributed by atoms with Crippen molar-refractivity contribution < 1.29 is 14.3 Å². The lowest BCUT2D eigenvalue weighted by Gasteiger charge is -2.09.